The Balaban J connectivity index is 2.30. The third kappa shape index (κ3) is 2.42. The summed E-state index contributed by atoms with van der Waals surface area (Å²) in [5, 5.41) is 17.4. The molecule has 0 aromatic heterocycles. The van der Waals surface area contributed by atoms with Crippen LogP contribution < -0.4 is 0 Å². The normalized spacial score (nSPS) is 9.75. The molecule has 0 aliphatic rings. The Labute approximate surface area is 94.1 Å². The van der Waals surface area contributed by atoms with Crippen molar-refractivity contribution in [1.82, 2.24) is 0 Å². The molecule has 16 heavy (non-hydrogen) atoms. The van der Waals surface area contributed by atoms with Gasteiger partial charge in [0.15, 0.2) is 0 Å². The van der Waals surface area contributed by atoms with Crippen LogP contribution in [0.4, 0.5) is 0 Å². The average molecular weight is 212 g/mol. The van der Waals surface area contributed by atoms with Crippen molar-refractivity contribution in [2.24, 2.45) is 0 Å². The quantitative estimate of drug-likeness (QED) is 0.744. The fraction of sp³-hybridized carbons (Fsp3) is 0. The van der Waals surface area contributed by atoms with Gasteiger partial charge in [-0.1, -0.05) is 54.6 Å². The molecular weight excluding hydrogens is 200 g/mol. The van der Waals surface area contributed by atoms with Crippen LogP contribution in [0.15, 0.2) is 60.5 Å². The summed E-state index contributed by atoms with van der Waals surface area (Å²) in [4.78, 5) is 0. The van der Waals surface area contributed by atoms with Crippen molar-refractivity contribution in [2.75, 3.05) is 0 Å². The van der Waals surface area contributed by atoms with Gasteiger partial charge >= 0.3 is 0 Å². The molecule has 0 aliphatic heterocycles. The second-order valence-electron chi connectivity index (χ2n) is 3.49. The maximum Gasteiger partial charge on any atom is 0.274 e. The Bertz CT molecular complexity index is 480. The van der Waals surface area contributed by atoms with E-state index in [-0.39, 0.29) is 0 Å². The predicted molar refractivity (Wildman–Crippen MR) is 65.1 cm³/mol. The molecule has 2 N–H and O–H groups in total. The standard InChI is InChI=1S/C14H12O2/c15-14(16)10-11-6-8-13(9-7-11)12-4-2-1-3-5-12/h1-10,15-16H. The first-order chi connectivity index (χ1) is 7.75. The number of hydrogen-bond donors (Lipinski definition) is 2. The van der Waals surface area contributed by atoms with Crippen molar-refractivity contribution in [3.63, 3.8) is 0 Å². The summed E-state index contributed by atoms with van der Waals surface area (Å²) in [6.07, 6.45) is 1.30. The SMILES string of the molecule is OC(O)=Cc1ccc(-c2ccccc2)cc1. The molecule has 0 aliphatic carbocycles. The Morgan fingerprint density at radius 2 is 1.31 bits per heavy atom. The maximum absolute atomic E-state index is 8.71. The van der Waals surface area contributed by atoms with E-state index in [2.05, 4.69) is 0 Å². The molecule has 0 radical (unpaired) electrons. The highest BCUT2D eigenvalue weighted by atomic mass is 16.5. The van der Waals surface area contributed by atoms with Gasteiger partial charge in [0.1, 0.15) is 0 Å². The van der Waals surface area contributed by atoms with Gasteiger partial charge in [-0.05, 0) is 16.7 Å². The van der Waals surface area contributed by atoms with Gasteiger partial charge in [0, 0.05) is 6.08 Å². The van der Waals surface area contributed by atoms with Gasteiger partial charge in [-0.2, -0.15) is 0 Å². The summed E-state index contributed by atoms with van der Waals surface area (Å²) in [5.41, 5.74) is 3.01. The highest BCUT2D eigenvalue weighted by Gasteiger charge is 1.96. The fourth-order valence-electron chi connectivity index (χ4n) is 1.55. The summed E-state index contributed by atoms with van der Waals surface area (Å²) in [6.45, 7) is 0. The van der Waals surface area contributed by atoms with E-state index in [4.69, 9.17) is 10.2 Å². The molecule has 0 unspecified atom stereocenters. The van der Waals surface area contributed by atoms with Crippen molar-refractivity contribution < 1.29 is 10.2 Å². The lowest BCUT2D eigenvalue weighted by Crippen LogP contribution is -1.80. The van der Waals surface area contributed by atoms with Crippen molar-refractivity contribution in [3.8, 4) is 11.1 Å². The molecule has 2 nitrogen and oxygen atoms in total. The van der Waals surface area contributed by atoms with Crippen LogP contribution in [0.5, 0.6) is 0 Å². The molecule has 0 bridgehead atoms. The van der Waals surface area contributed by atoms with Crippen LogP contribution in [0.2, 0.25) is 0 Å². The van der Waals surface area contributed by atoms with Crippen LogP contribution in [0.1, 0.15) is 5.56 Å². The minimum absolute atomic E-state index is 0.674. The monoisotopic (exact) mass is 212 g/mol. The zero-order valence-corrected chi connectivity index (χ0v) is 8.67. The van der Waals surface area contributed by atoms with E-state index in [9.17, 15) is 0 Å². The summed E-state index contributed by atoms with van der Waals surface area (Å²) in [6, 6.07) is 17.6. The molecule has 0 atom stereocenters. The highest BCUT2D eigenvalue weighted by Crippen LogP contribution is 2.19. The van der Waals surface area contributed by atoms with Crippen molar-refractivity contribution in [2.45, 2.75) is 0 Å². The van der Waals surface area contributed by atoms with Gasteiger partial charge in [-0.25, -0.2) is 0 Å². The Morgan fingerprint density at radius 3 is 1.88 bits per heavy atom. The van der Waals surface area contributed by atoms with Gasteiger partial charge in [0.2, 0.25) is 0 Å². The Hall–Kier alpha value is -2.22. The molecule has 2 aromatic rings. The second-order valence-corrected chi connectivity index (χ2v) is 3.49. The molecule has 0 heterocycles. The minimum atomic E-state index is -0.674. The summed E-state index contributed by atoms with van der Waals surface area (Å²) < 4.78 is 0. The molecule has 0 spiro atoms. The smallest absolute Gasteiger partial charge is 0.274 e. The van der Waals surface area contributed by atoms with Gasteiger partial charge in [-0.15, -0.1) is 0 Å². The third-order valence-electron chi connectivity index (χ3n) is 2.31. The lowest BCUT2D eigenvalue weighted by Gasteiger charge is -2.01. The number of hydrogen-bond acceptors (Lipinski definition) is 2. The first-order valence-electron chi connectivity index (χ1n) is 5.01. The summed E-state index contributed by atoms with van der Waals surface area (Å²) in [7, 11) is 0. The first kappa shape index (κ1) is 10.3. The van der Waals surface area contributed by atoms with Gasteiger partial charge in [-0.3, -0.25) is 0 Å². The van der Waals surface area contributed by atoms with Crippen molar-refractivity contribution in [3.05, 3.63) is 66.1 Å². The predicted octanol–water partition coefficient (Wildman–Crippen LogP) is 3.77. The van der Waals surface area contributed by atoms with E-state index in [1.165, 1.54) is 6.08 Å². The fourth-order valence-corrected chi connectivity index (χ4v) is 1.55. The van der Waals surface area contributed by atoms with Crippen LogP contribution in [0.25, 0.3) is 17.2 Å². The topological polar surface area (TPSA) is 40.5 Å². The maximum atomic E-state index is 8.71. The van der Waals surface area contributed by atoms with E-state index < -0.39 is 5.95 Å². The lowest BCUT2D eigenvalue weighted by atomic mass is 10.0. The van der Waals surface area contributed by atoms with Gasteiger partial charge in [0.05, 0.1) is 0 Å². The lowest BCUT2D eigenvalue weighted by molar-refractivity contribution is 0.197. The summed E-state index contributed by atoms with van der Waals surface area (Å²) in [5.74, 6) is -0.674. The number of aliphatic hydroxyl groups is 2. The highest BCUT2D eigenvalue weighted by molar-refractivity contribution is 5.65. The summed E-state index contributed by atoms with van der Waals surface area (Å²) >= 11 is 0. The molecule has 0 saturated heterocycles. The van der Waals surface area contributed by atoms with Crippen LogP contribution >= 0.6 is 0 Å². The molecule has 0 fully saturated rings. The van der Waals surface area contributed by atoms with E-state index in [1.807, 2.05) is 54.6 Å². The first-order valence-corrected chi connectivity index (χ1v) is 5.01. The number of benzene rings is 2. The van der Waals surface area contributed by atoms with Gasteiger partial charge in [0.25, 0.3) is 5.95 Å². The van der Waals surface area contributed by atoms with E-state index in [1.54, 1.807) is 0 Å². The Kier molecular flexibility index (Phi) is 2.92. The average Bonchev–Trinajstić information content (AvgIpc) is 2.30. The molecule has 0 amide bonds. The van der Waals surface area contributed by atoms with E-state index >= 15 is 0 Å². The van der Waals surface area contributed by atoms with E-state index in [0.717, 1.165) is 16.7 Å². The largest absolute Gasteiger partial charge is 0.481 e. The van der Waals surface area contributed by atoms with Crippen molar-refractivity contribution in [1.29, 1.82) is 0 Å². The second kappa shape index (κ2) is 4.53. The van der Waals surface area contributed by atoms with Crippen LogP contribution in [0, 0.1) is 0 Å². The third-order valence-corrected chi connectivity index (χ3v) is 2.31. The number of aliphatic hydroxyl groups excluding tert-OH is 1. The van der Waals surface area contributed by atoms with E-state index in [0.29, 0.717) is 0 Å². The van der Waals surface area contributed by atoms with Crippen molar-refractivity contribution >= 4 is 6.08 Å². The van der Waals surface area contributed by atoms with Crippen LogP contribution in [0.3, 0.4) is 0 Å². The van der Waals surface area contributed by atoms with Gasteiger partial charge < -0.3 is 10.2 Å². The minimum Gasteiger partial charge on any atom is -0.481 e. The Morgan fingerprint density at radius 1 is 0.750 bits per heavy atom. The molecule has 2 rings (SSSR count). The van der Waals surface area contributed by atoms with Crippen LogP contribution in [-0.4, -0.2) is 10.2 Å². The number of rotatable bonds is 2. The molecule has 80 valence electrons. The molecule has 0 saturated carbocycles. The molecule has 2 heteroatoms. The van der Waals surface area contributed by atoms with Crippen LogP contribution in [-0.2, 0) is 0 Å². The molecular formula is C14H12O2. The zero-order valence-electron chi connectivity index (χ0n) is 8.67. The zero-order chi connectivity index (χ0) is 11.4. The molecule has 2 aromatic carbocycles.